The molecule has 3 heterocycles. The molecule has 0 aliphatic rings. The van der Waals surface area contributed by atoms with Gasteiger partial charge in [0.05, 0.1) is 16.3 Å². The van der Waals surface area contributed by atoms with E-state index in [4.69, 9.17) is 4.98 Å². The third kappa shape index (κ3) is 3.42. The summed E-state index contributed by atoms with van der Waals surface area (Å²) in [4.78, 5) is 21.3. The Bertz CT molecular complexity index is 1360. The summed E-state index contributed by atoms with van der Waals surface area (Å²) in [6.45, 7) is 1.98. The number of thioether (sulfide) groups is 1. The Morgan fingerprint density at radius 2 is 1.80 bits per heavy atom. The summed E-state index contributed by atoms with van der Waals surface area (Å²) in [5.41, 5.74) is 2.66. The van der Waals surface area contributed by atoms with E-state index < -0.39 is 0 Å². The fraction of sp³-hybridized carbons (Fsp3) is 0.0952. The first-order valence-corrected chi connectivity index (χ1v) is 11.0. The average molecular weight is 433 g/mol. The highest BCUT2D eigenvalue weighted by Crippen LogP contribution is 2.35. The SMILES string of the molecule is C[C@H](Sc1nnnn1-c1ccccc1)c1nc2scc(-c3ccccc3)c2c(=O)[nH]1. The van der Waals surface area contributed by atoms with Crippen molar-refractivity contribution in [1.82, 2.24) is 30.2 Å². The minimum absolute atomic E-state index is 0.134. The van der Waals surface area contributed by atoms with Crippen molar-refractivity contribution in [2.24, 2.45) is 0 Å². The lowest BCUT2D eigenvalue weighted by Gasteiger charge is -2.10. The second-order valence-corrected chi connectivity index (χ2v) is 8.78. The number of fused-ring (bicyclic) bond motifs is 1. The monoisotopic (exact) mass is 432 g/mol. The Kier molecular flexibility index (Phi) is 4.89. The van der Waals surface area contributed by atoms with Gasteiger partial charge in [0.15, 0.2) is 0 Å². The Morgan fingerprint density at radius 3 is 2.57 bits per heavy atom. The third-order valence-electron chi connectivity index (χ3n) is 4.66. The molecule has 1 atom stereocenters. The molecule has 7 nitrogen and oxygen atoms in total. The molecule has 0 aliphatic carbocycles. The first kappa shape index (κ1) is 18.7. The highest BCUT2D eigenvalue weighted by molar-refractivity contribution is 7.99. The van der Waals surface area contributed by atoms with Crippen LogP contribution in [0.3, 0.4) is 0 Å². The van der Waals surface area contributed by atoms with E-state index in [0.29, 0.717) is 16.4 Å². The number of hydrogen-bond acceptors (Lipinski definition) is 7. The summed E-state index contributed by atoms with van der Waals surface area (Å²) in [7, 11) is 0. The zero-order valence-electron chi connectivity index (χ0n) is 15.9. The predicted molar refractivity (Wildman–Crippen MR) is 119 cm³/mol. The third-order valence-corrected chi connectivity index (χ3v) is 6.57. The van der Waals surface area contributed by atoms with Crippen LogP contribution < -0.4 is 5.56 Å². The molecule has 5 aromatic rings. The van der Waals surface area contributed by atoms with Gasteiger partial charge >= 0.3 is 0 Å². The largest absolute Gasteiger partial charge is 0.309 e. The number of H-pyrrole nitrogens is 1. The second kappa shape index (κ2) is 7.85. The molecule has 9 heteroatoms. The van der Waals surface area contributed by atoms with Crippen LogP contribution in [0.25, 0.3) is 27.0 Å². The molecular formula is C21H16N6OS2. The highest BCUT2D eigenvalue weighted by atomic mass is 32.2. The van der Waals surface area contributed by atoms with Gasteiger partial charge in [-0.1, -0.05) is 60.3 Å². The molecule has 148 valence electrons. The van der Waals surface area contributed by atoms with Crippen molar-refractivity contribution < 1.29 is 0 Å². The van der Waals surface area contributed by atoms with Gasteiger partial charge in [0.25, 0.3) is 5.56 Å². The molecule has 30 heavy (non-hydrogen) atoms. The molecule has 3 aromatic heterocycles. The minimum atomic E-state index is -0.141. The zero-order valence-corrected chi connectivity index (χ0v) is 17.5. The molecule has 0 aliphatic heterocycles. The van der Waals surface area contributed by atoms with E-state index in [-0.39, 0.29) is 10.8 Å². The van der Waals surface area contributed by atoms with Gasteiger partial charge in [-0.3, -0.25) is 4.79 Å². The number of hydrogen-bond donors (Lipinski definition) is 1. The quantitative estimate of drug-likeness (QED) is 0.412. The van der Waals surface area contributed by atoms with Gasteiger partial charge in [-0.25, -0.2) is 4.98 Å². The summed E-state index contributed by atoms with van der Waals surface area (Å²) in [6, 6.07) is 19.6. The van der Waals surface area contributed by atoms with E-state index in [1.165, 1.54) is 23.1 Å². The molecule has 5 rings (SSSR count). The number of para-hydroxylation sites is 1. The molecule has 2 aromatic carbocycles. The molecule has 0 bridgehead atoms. The van der Waals surface area contributed by atoms with E-state index in [0.717, 1.165) is 21.6 Å². The van der Waals surface area contributed by atoms with Crippen molar-refractivity contribution in [3.63, 3.8) is 0 Å². The van der Waals surface area contributed by atoms with Crippen LogP contribution in [0, 0.1) is 0 Å². The maximum atomic E-state index is 12.9. The van der Waals surface area contributed by atoms with E-state index in [1.807, 2.05) is 73.0 Å². The van der Waals surface area contributed by atoms with Gasteiger partial charge in [0.1, 0.15) is 10.7 Å². The van der Waals surface area contributed by atoms with Crippen molar-refractivity contribution in [2.75, 3.05) is 0 Å². The van der Waals surface area contributed by atoms with Crippen LogP contribution in [0.1, 0.15) is 18.0 Å². The lowest BCUT2D eigenvalue weighted by molar-refractivity contribution is 0.754. The smallest absolute Gasteiger partial charge is 0.260 e. The molecule has 0 saturated carbocycles. The molecule has 0 amide bonds. The van der Waals surface area contributed by atoms with Gasteiger partial charge in [-0.05, 0) is 35.0 Å². The maximum absolute atomic E-state index is 12.9. The Hall–Kier alpha value is -3.30. The number of nitrogens with one attached hydrogen (secondary N) is 1. The molecule has 0 spiro atoms. The van der Waals surface area contributed by atoms with Gasteiger partial charge in [-0.15, -0.1) is 16.4 Å². The summed E-state index contributed by atoms with van der Waals surface area (Å²) in [5.74, 6) is 0.599. The fourth-order valence-corrected chi connectivity index (χ4v) is 5.01. The molecular weight excluding hydrogens is 416 g/mol. The van der Waals surface area contributed by atoms with E-state index in [9.17, 15) is 4.79 Å². The summed E-state index contributed by atoms with van der Waals surface area (Å²) in [5, 5.41) is 15.1. The van der Waals surface area contributed by atoms with Crippen molar-refractivity contribution in [1.29, 1.82) is 0 Å². The van der Waals surface area contributed by atoms with Gasteiger partial charge in [-0.2, -0.15) is 4.68 Å². The fourth-order valence-electron chi connectivity index (χ4n) is 3.19. The van der Waals surface area contributed by atoms with Crippen LogP contribution in [-0.2, 0) is 0 Å². The highest BCUT2D eigenvalue weighted by Gasteiger charge is 2.19. The Balaban J connectivity index is 1.48. The van der Waals surface area contributed by atoms with Gasteiger partial charge in [0, 0.05) is 10.9 Å². The Labute approximate surface area is 179 Å². The minimum Gasteiger partial charge on any atom is -0.309 e. The Morgan fingerprint density at radius 1 is 1.07 bits per heavy atom. The first-order valence-electron chi connectivity index (χ1n) is 9.28. The number of rotatable bonds is 5. The predicted octanol–water partition coefficient (Wildman–Crippen LogP) is 4.48. The lowest BCUT2D eigenvalue weighted by Crippen LogP contribution is -2.12. The van der Waals surface area contributed by atoms with Crippen LogP contribution in [0.4, 0.5) is 0 Å². The van der Waals surface area contributed by atoms with Gasteiger partial charge < -0.3 is 4.98 Å². The van der Waals surface area contributed by atoms with Crippen LogP contribution in [0.2, 0.25) is 0 Å². The normalized spacial score (nSPS) is 12.3. The van der Waals surface area contributed by atoms with Crippen LogP contribution >= 0.6 is 23.1 Å². The van der Waals surface area contributed by atoms with Crippen molar-refractivity contribution in [3.05, 3.63) is 82.2 Å². The lowest BCUT2D eigenvalue weighted by atomic mass is 10.1. The number of aromatic amines is 1. The molecule has 0 saturated heterocycles. The second-order valence-electron chi connectivity index (χ2n) is 6.62. The van der Waals surface area contributed by atoms with Crippen LogP contribution in [0.5, 0.6) is 0 Å². The summed E-state index contributed by atoms with van der Waals surface area (Å²) < 4.78 is 1.68. The first-order chi connectivity index (χ1) is 14.7. The topological polar surface area (TPSA) is 89.3 Å². The number of tetrazole rings is 1. The number of nitrogens with zero attached hydrogens (tertiary/aromatic N) is 5. The molecule has 0 radical (unpaired) electrons. The van der Waals surface area contributed by atoms with E-state index in [2.05, 4.69) is 20.5 Å². The van der Waals surface area contributed by atoms with Crippen LogP contribution in [-0.4, -0.2) is 30.2 Å². The molecule has 0 fully saturated rings. The van der Waals surface area contributed by atoms with E-state index in [1.54, 1.807) is 4.68 Å². The number of benzene rings is 2. The number of aromatic nitrogens is 6. The number of thiophene rings is 1. The zero-order chi connectivity index (χ0) is 20.5. The van der Waals surface area contributed by atoms with Crippen molar-refractivity contribution in [2.45, 2.75) is 17.3 Å². The molecule has 1 N–H and O–H groups in total. The van der Waals surface area contributed by atoms with Crippen LogP contribution in [0.15, 0.2) is 76.0 Å². The van der Waals surface area contributed by atoms with E-state index >= 15 is 0 Å². The van der Waals surface area contributed by atoms with Crippen molar-refractivity contribution in [3.8, 4) is 16.8 Å². The summed E-state index contributed by atoms with van der Waals surface area (Å²) >= 11 is 2.92. The maximum Gasteiger partial charge on any atom is 0.260 e. The van der Waals surface area contributed by atoms with Crippen molar-refractivity contribution >= 4 is 33.3 Å². The van der Waals surface area contributed by atoms with Gasteiger partial charge in [0.2, 0.25) is 5.16 Å². The molecule has 0 unspecified atom stereocenters. The standard InChI is InChI=1S/C21H16N6OS2/c1-13(30-21-24-25-26-27(21)15-10-6-3-7-11-15)18-22-19(28)17-16(12-29-20(17)23-18)14-8-4-2-5-9-14/h2-13H,1H3,(H,22,23,28)/t13-/m0/s1. The summed E-state index contributed by atoms with van der Waals surface area (Å²) in [6.07, 6.45) is 0. The average Bonchev–Trinajstić information content (AvgIpc) is 3.42.